The van der Waals surface area contributed by atoms with Crippen molar-refractivity contribution in [2.75, 3.05) is 18.5 Å². The average Bonchev–Trinajstić information content (AvgIpc) is 2.47. The Morgan fingerprint density at radius 3 is 2.76 bits per heavy atom. The molecule has 1 aromatic heterocycles. The van der Waals surface area contributed by atoms with Crippen LogP contribution in [-0.4, -0.2) is 24.6 Å². The summed E-state index contributed by atoms with van der Waals surface area (Å²) in [6.45, 7) is 1.84. The van der Waals surface area contributed by atoms with Crippen LogP contribution in [0.1, 0.15) is 11.1 Å². The Balaban J connectivity index is 1.99. The van der Waals surface area contributed by atoms with Gasteiger partial charge in [0.1, 0.15) is 5.82 Å². The van der Waals surface area contributed by atoms with Crippen LogP contribution in [0.2, 0.25) is 0 Å². The zero-order valence-electron chi connectivity index (χ0n) is 11.8. The number of likely N-dealkylation sites (N-methyl/N-ethyl adjacent to an activating group) is 1. The summed E-state index contributed by atoms with van der Waals surface area (Å²) in [5, 5.41) is 3.30. The van der Waals surface area contributed by atoms with Crippen molar-refractivity contribution in [1.29, 1.82) is 0 Å². The van der Waals surface area contributed by atoms with Gasteiger partial charge in [0.15, 0.2) is 0 Å². The van der Waals surface area contributed by atoms with E-state index in [2.05, 4.69) is 77.4 Å². The number of nitrogens with zero attached hydrogens (tertiary/aromatic N) is 2. The maximum atomic E-state index is 4.61. The van der Waals surface area contributed by atoms with Crippen molar-refractivity contribution in [3.63, 3.8) is 0 Å². The molecule has 0 bridgehead atoms. The Kier molecular flexibility index (Phi) is 4.62. The topological polar surface area (TPSA) is 28.2 Å². The normalized spacial score (nSPS) is 17.7. The predicted molar refractivity (Wildman–Crippen MR) is 93.7 cm³/mol. The highest BCUT2D eigenvalue weighted by Gasteiger charge is 2.27. The number of hydrogen-bond donors (Lipinski definition) is 1. The second-order valence-electron chi connectivity index (χ2n) is 5.27. The van der Waals surface area contributed by atoms with Gasteiger partial charge in [-0.25, -0.2) is 4.98 Å². The molecule has 1 atom stereocenters. The van der Waals surface area contributed by atoms with Crippen molar-refractivity contribution in [3.8, 4) is 0 Å². The minimum atomic E-state index is 0.412. The van der Waals surface area contributed by atoms with Crippen LogP contribution in [0.4, 0.5) is 5.82 Å². The van der Waals surface area contributed by atoms with Gasteiger partial charge in [-0.05, 0) is 62.5 Å². The van der Waals surface area contributed by atoms with E-state index < -0.39 is 0 Å². The minimum Gasteiger partial charge on any atom is -0.347 e. The Hall–Kier alpha value is -0.910. The third-order valence-corrected chi connectivity index (χ3v) is 4.87. The summed E-state index contributed by atoms with van der Waals surface area (Å²) < 4.78 is 2.01. The van der Waals surface area contributed by atoms with E-state index in [0.29, 0.717) is 6.04 Å². The second kappa shape index (κ2) is 6.46. The quantitative estimate of drug-likeness (QED) is 0.834. The molecular weight excluding hydrogens is 394 g/mol. The molecule has 0 amide bonds. The van der Waals surface area contributed by atoms with Crippen LogP contribution in [0.3, 0.4) is 0 Å². The van der Waals surface area contributed by atoms with E-state index in [9.17, 15) is 0 Å². The second-order valence-corrected chi connectivity index (χ2v) is 7.04. The van der Waals surface area contributed by atoms with Gasteiger partial charge in [-0.2, -0.15) is 0 Å². The molecule has 0 spiro atoms. The number of halogens is 2. The van der Waals surface area contributed by atoms with Gasteiger partial charge in [0.2, 0.25) is 0 Å². The number of nitrogens with one attached hydrogen (secondary N) is 1. The zero-order chi connectivity index (χ0) is 14.8. The molecule has 1 aliphatic rings. The predicted octanol–water partition coefficient (Wildman–Crippen LogP) is 3.76. The van der Waals surface area contributed by atoms with Crippen LogP contribution in [0.15, 0.2) is 45.5 Å². The summed E-state index contributed by atoms with van der Waals surface area (Å²) in [5.74, 6) is 1.01. The number of pyridine rings is 1. The average molecular weight is 411 g/mol. The lowest BCUT2D eigenvalue weighted by Gasteiger charge is -2.38. The lowest BCUT2D eigenvalue weighted by atomic mass is 9.94. The van der Waals surface area contributed by atoms with Crippen molar-refractivity contribution in [2.45, 2.75) is 19.0 Å². The molecule has 0 saturated heterocycles. The van der Waals surface area contributed by atoms with Crippen molar-refractivity contribution in [1.82, 2.24) is 10.3 Å². The zero-order valence-corrected chi connectivity index (χ0v) is 15.0. The highest BCUT2D eigenvalue weighted by molar-refractivity contribution is 9.11. The van der Waals surface area contributed by atoms with Crippen LogP contribution in [0.25, 0.3) is 0 Å². The Morgan fingerprint density at radius 1 is 1.29 bits per heavy atom. The molecule has 1 unspecified atom stereocenters. The van der Waals surface area contributed by atoms with Crippen LogP contribution in [0, 0.1) is 0 Å². The summed E-state index contributed by atoms with van der Waals surface area (Å²) in [6, 6.07) is 11.1. The summed E-state index contributed by atoms with van der Waals surface area (Å²) in [7, 11) is 2.00. The van der Waals surface area contributed by atoms with Crippen LogP contribution < -0.4 is 10.2 Å². The fourth-order valence-corrected chi connectivity index (χ4v) is 4.09. The van der Waals surface area contributed by atoms with E-state index in [1.54, 1.807) is 0 Å². The number of hydrogen-bond acceptors (Lipinski definition) is 3. The van der Waals surface area contributed by atoms with Gasteiger partial charge in [0, 0.05) is 29.8 Å². The SMILES string of the molecule is CNCC1Cc2ccccc2CN1c1ncc(Br)cc1Br. The van der Waals surface area contributed by atoms with E-state index in [1.807, 2.05) is 13.2 Å². The molecule has 1 aliphatic heterocycles. The Labute approximate surface area is 142 Å². The van der Waals surface area contributed by atoms with Crippen LogP contribution in [0.5, 0.6) is 0 Å². The molecule has 110 valence electrons. The lowest BCUT2D eigenvalue weighted by molar-refractivity contribution is 0.522. The maximum absolute atomic E-state index is 4.61. The third-order valence-electron chi connectivity index (χ3n) is 3.86. The van der Waals surface area contributed by atoms with Gasteiger partial charge >= 0.3 is 0 Å². The smallest absolute Gasteiger partial charge is 0.143 e. The van der Waals surface area contributed by atoms with Gasteiger partial charge in [-0.15, -0.1) is 0 Å². The first-order chi connectivity index (χ1) is 10.2. The molecule has 3 nitrogen and oxygen atoms in total. The highest BCUT2D eigenvalue weighted by atomic mass is 79.9. The van der Waals surface area contributed by atoms with Gasteiger partial charge in [0.05, 0.1) is 4.47 Å². The largest absolute Gasteiger partial charge is 0.347 e. The standard InChI is InChI=1S/C16H17Br2N3/c1-19-9-14-6-11-4-2-3-5-12(11)10-21(14)16-15(18)7-13(17)8-20-16/h2-5,7-8,14,19H,6,9-10H2,1H3. The summed E-state index contributed by atoms with van der Waals surface area (Å²) in [4.78, 5) is 7.00. The first-order valence-corrected chi connectivity index (χ1v) is 8.56. The number of benzene rings is 1. The third kappa shape index (κ3) is 3.15. The van der Waals surface area contributed by atoms with E-state index in [1.165, 1.54) is 11.1 Å². The summed E-state index contributed by atoms with van der Waals surface area (Å²) >= 11 is 7.12. The molecule has 1 aromatic carbocycles. The van der Waals surface area contributed by atoms with Crippen molar-refractivity contribution in [3.05, 3.63) is 56.6 Å². The fourth-order valence-electron chi connectivity index (χ4n) is 2.87. The number of aromatic nitrogens is 1. The van der Waals surface area contributed by atoms with Crippen molar-refractivity contribution >= 4 is 37.7 Å². The molecule has 1 N–H and O–H groups in total. The molecule has 3 rings (SSSR count). The molecule has 0 fully saturated rings. The summed E-state index contributed by atoms with van der Waals surface area (Å²) in [5.41, 5.74) is 2.84. The van der Waals surface area contributed by atoms with E-state index >= 15 is 0 Å². The lowest BCUT2D eigenvalue weighted by Crippen LogP contribution is -2.46. The fraction of sp³-hybridized carbons (Fsp3) is 0.312. The Morgan fingerprint density at radius 2 is 2.05 bits per heavy atom. The number of fused-ring (bicyclic) bond motifs is 1. The molecule has 21 heavy (non-hydrogen) atoms. The molecular formula is C16H17Br2N3. The van der Waals surface area contributed by atoms with E-state index in [4.69, 9.17) is 0 Å². The van der Waals surface area contributed by atoms with Gasteiger partial charge in [-0.1, -0.05) is 24.3 Å². The first-order valence-electron chi connectivity index (χ1n) is 6.98. The van der Waals surface area contributed by atoms with Crippen molar-refractivity contribution in [2.24, 2.45) is 0 Å². The first kappa shape index (κ1) is 15.0. The highest BCUT2D eigenvalue weighted by Crippen LogP contribution is 2.33. The van der Waals surface area contributed by atoms with Gasteiger partial charge < -0.3 is 10.2 Å². The van der Waals surface area contributed by atoms with Crippen LogP contribution >= 0.6 is 31.9 Å². The Bertz CT molecular complexity index is 645. The van der Waals surface area contributed by atoms with E-state index in [0.717, 1.165) is 34.3 Å². The summed E-state index contributed by atoms with van der Waals surface area (Å²) in [6.07, 6.45) is 2.90. The van der Waals surface area contributed by atoms with Gasteiger partial charge in [-0.3, -0.25) is 0 Å². The van der Waals surface area contributed by atoms with Crippen molar-refractivity contribution < 1.29 is 0 Å². The molecule has 0 aliphatic carbocycles. The molecule has 0 radical (unpaired) electrons. The minimum absolute atomic E-state index is 0.412. The van der Waals surface area contributed by atoms with Gasteiger partial charge in [0.25, 0.3) is 0 Å². The van der Waals surface area contributed by atoms with Crippen LogP contribution in [-0.2, 0) is 13.0 Å². The number of rotatable bonds is 3. The molecule has 2 aromatic rings. The molecule has 2 heterocycles. The maximum Gasteiger partial charge on any atom is 0.143 e. The molecule has 5 heteroatoms. The molecule has 0 saturated carbocycles. The monoisotopic (exact) mass is 409 g/mol. The number of anilines is 1. The van der Waals surface area contributed by atoms with E-state index in [-0.39, 0.29) is 0 Å².